The number of hydrogen-bond acceptors (Lipinski definition) is 7. The number of hydrogen-bond donors (Lipinski definition) is 0. The maximum atomic E-state index is 12.8. The van der Waals surface area contributed by atoms with E-state index in [2.05, 4.69) is 4.90 Å². The molecule has 2 aliphatic rings. The molecule has 3 heterocycles. The maximum absolute atomic E-state index is 12.8. The van der Waals surface area contributed by atoms with E-state index < -0.39 is 11.8 Å². The van der Waals surface area contributed by atoms with E-state index >= 15 is 0 Å². The third-order valence-corrected chi connectivity index (χ3v) is 6.83. The molecule has 0 unspecified atom stereocenters. The number of carbonyl (C=O) groups is 3. The van der Waals surface area contributed by atoms with E-state index in [4.69, 9.17) is 9.72 Å². The van der Waals surface area contributed by atoms with Crippen LogP contribution >= 0.6 is 11.3 Å². The van der Waals surface area contributed by atoms with Gasteiger partial charge >= 0.3 is 0 Å². The lowest BCUT2D eigenvalue weighted by Gasteiger charge is -2.35. The summed E-state index contributed by atoms with van der Waals surface area (Å²) in [5, 5.41) is 0.902. The number of aromatic nitrogens is 1. The van der Waals surface area contributed by atoms with Crippen molar-refractivity contribution in [1.29, 1.82) is 0 Å². The lowest BCUT2D eigenvalue weighted by molar-refractivity contribution is -0.131. The Balaban J connectivity index is 1.23. The zero-order chi connectivity index (χ0) is 22.2. The molecule has 9 heteroatoms. The normalized spacial score (nSPS) is 16.1. The lowest BCUT2D eigenvalue weighted by atomic mass is 10.1. The molecule has 0 bridgehead atoms. The van der Waals surface area contributed by atoms with Gasteiger partial charge in [0.05, 0.1) is 22.4 Å². The van der Waals surface area contributed by atoms with E-state index in [0.29, 0.717) is 43.9 Å². The van der Waals surface area contributed by atoms with E-state index in [1.54, 1.807) is 40.5 Å². The molecule has 0 radical (unpaired) electrons. The highest BCUT2D eigenvalue weighted by molar-refractivity contribution is 7.22. The van der Waals surface area contributed by atoms with Gasteiger partial charge in [-0.1, -0.05) is 29.5 Å². The summed E-state index contributed by atoms with van der Waals surface area (Å²) in [5.41, 5.74) is 1.58. The number of carbonyl (C=O) groups excluding carboxylic acids is 3. The van der Waals surface area contributed by atoms with Crippen molar-refractivity contribution in [3.63, 3.8) is 0 Å². The average Bonchev–Trinajstić information content (AvgIpc) is 3.36. The lowest BCUT2D eigenvalue weighted by Crippen LogP contribution is -2.51. The van der Waals surface area contributed by atoms with Crippen LogP contribution in [0.5, 0.6) is 5.75 Å². The number of rotatable bonds is 5. The molecule has 2 aliphatic heterocycles. The van der Waals surface area contributed by atoms with Crippen LogP contribution in [-0.2, 0) is 4.79 Å². The molecule has 3 aromatic rings. The van der Waals surface area contributed by atoms with Crippen LogP contribution in [0.3, 0.4) is 0 Å². The molecular formula is C23H22N4O4S. The number of ether oxygens (including phenoxy) is 1. The molecule has 5 rings (SSSR count). The maximum Gasteiger partial charge on any atom is 0.262 e. The van der Waals surface area contributed by atoms with Crippen molar-refractivity contribution in [2.75, 3.05) is 44.2 Å². The quantitative estimate of drug-likeness (QED) is 0.556. The minimum absolute atomic E-state index is 0.220. The number of para-hydroxylation sites is 1. The highest BCUT2D eigenvalue weighted by Gasteiger charge is 2.37. The van der Waals surface area contributed by atoms with Crippen molar-refractivity contribution in [3.05, 3.63) is 53.6 Å². The zero-order valence-electron chi connectivity index (χ0n) is 17.6. The van der Waals surface area contributed by atoms with E-state index in [1.165, 1.54) is 0 Å². The summed E-state index contributed by atoms with van der Waals surface area (Å²) in [4.78, 5) is 47.6. The van der Waals surface area contributed by atoms with Crippen LogP contribution in [-0.4, -0.2) is 71.8 Å². The number of imide groups is 1. The molecule has 0 N–H and O–H groups in total. The number of fused-ring (bicyclic) bond motifs is 2. The van der Waals surface area contributed by atoms with Crippen molar-refractivity contribution >= 4 is 44.4 Å². The first kappa shape index (κ1) is 20.4. The average molecular weight is 451 g/mol. The second-order valence-electron chi connectivity index (χ2n) is 7.64. The number of amides is 3. The molecule has 1 saturated heterocycles. The molecule has 32 heavy (non-hydrogen) atoms. The smallest absolute Gasteiger partial charge is 0.262 e. The Morgan fingerprint density at radius 2 is 1.69 bits per heavy atom. The SMILES string of the molecule is CCOc1cccc2sc(N3CCN(C(=O)CN4C(=O)c5ccccc5C4=O)CC3)nc12. The van der Waals surface area contributed by atoms with E-state index in [9.17, 15) is 14.4 Å². The molecule has 0 spiro atoms. The van der Waals surface area contributed by atoms with E-state index in [0.717, 1.165) is 26.0 Å². The molecular weight excluding hydrogens is 428 g/mol. The summed E-state index contributed by atoms with van der Waals surface area (Å²) in [5.74, 6) is -0.251. The summed E-state index contributed by atoms with van der Waals surface area (Å²) >= 11 is 1.61. The Morgan fingerprint density at radius 1 is 1.00 bits per heavy atom. The molecule has 0 atom stereocenters. The first-order chi connectivity index (χ1) is 15.6. The van der Waals surface area contributed by atoms with Gasteiger partial charge in [0.15, 0.2) is 5.13 Å². The summed E-state index contributed by atoms with van der Waals surface area (Å²) in [7, 11) is 0. The Kier molecular flexibility index (Phi) is 5.26. The van der Waals surface area contributed by atoms with Crippen molar-refractivity contribution < 1.29 is 19.1 Å². The predicted molar refractivity (Wildman–Crippen MR) is 121 cm³/mol. The second-order valence-corrected chi connectivity index (χ2v) is 8.65. The molecule has 3 amide bonds. The van der Waals surface area contributed by atoms with Crippen molar-refractivity contribution in [2.45, 2.75) is 6.92 Å². The van der Waals surface area contributed by atoms with Gasteiger partial charge < -0.3 is 14.5 Å². The Morgan fingerprint density at radius 3 is 2.34 bits per heavy atom. The topological polar surface area (TPSA) is 83.0 Å². The van der Waals surface area contributed by atoms with Crippen LogP contribution in [0, 0.1) is 0 Å². The number of anilines is 1. The van der Waals surface area contributed by atoms with Crippen molar-refractivity contribution in [2.24, 2.45) is 0 Å². The van der Waals surface area contributed by atoms with Crippen LogP contribution in [0.1, 0.15) is 27.6 Å². The summed E-state index contributed by atoms with van der Waals surface area (Å²) in [6.07, 6.45) is 0. The molecule has 0 saturated carbocycles. The highest BCUT2D eigenvalue weighted by Crippen LogP contribution is 2.34. The Labute approximate surface area is 189 Å². The number of benzene rings is 2. The van der Waals surface area contributed by atoms with Crippen molar-refractivity contribution in [3.8, 4) is 5.75 Å². The third-order valence-electron chi connectivity index (χ3n) is 5.74. The van der Waals surface area contributed by atoms with Crippen molar-refractivity contribution in [1.82, 2.24) is 14.8 Å². The van der Waals surface area contributed by atoms with Gasteiger partial charge in [0.1, 0.15) is 17.8 Å². The predicted octanol–water partition coefficient (Wildman–Crippen LogP) is 2.64. The Hall–Kier alpha value is -3.46. The van der Waals surface area contributed by atoms with Crippen LogP contribution in [0.15, 0.2) is 42.5 Å². The van der Waals surface area contributed by atoms with E-state index in [-0.39, 0.29) is 12.5 Å². The fraction of sp³-hybridized carbons (Fsp3) is 0.304. The van der Waals surface area contributed by atoms with Crippen LogP contribution in [0.2, 0.25) is 0 Å². The monoisotopic (exact) mass is 450 g/mol. The highest BCUT2D eigenvalue weighted by atomic mass is 32.1. The number of thiazole rings is 1. The summed E-state index contributed by atoms with van der Waals surface area (Å²) < 4.78 is 6.75. The number of nitrogens with zero attached hydrogens (tertiary/aromatic N) is 4. The minimum atomic E-state index is -0.405. The van der Waals surface area contributed by atoms with E-state index in [1.807, 2.05) is 25.1 Å². The molecule has 1 fully saturated rings. The summed E-state index contributed by atoms with van der Waals surface area (Å²) in [6.45, 7) is 4.59. The molecule has 1 aromatic heterocycles. The van der Waals surface area contributed by atoms with Gasteiger partial charge in [-0.25, -0.2) is 4.98 Å². The molecule has 2 aromatic carbocycles. The van der Waals surface area contributed by atoms with Crippen LogP contribution < -0.4 is 9.64 Å². The fourth-order valence-corrected chi connectivity index (χ4v) is 5.12. The van der Waals surface area contributed by atoms with Gasteiger partial charge in [0.25, 0.3) is 11.8 Å². The minimum Gasteiger partial charge on any atom is -0.492 e. The van der Waals surface area contributed by atoms with Gasteiger partial charge in [0.2, 0.25) is 5.91 Å². The first-order valence-electron chi connectivity index (χ1n) is 10.6. The van der Waals surface area contributed by atoms with Gasteiger partial charge in [-0.15, -0.1) is 0 Å². The Bertz CT molecular complexity index is 1180. The van der Waals surface area contributed by atoms with Crippen LogP contribution in [0.25, 0.3) is 10.2 Å². The molecule has 0 aliphatic carbocycles. The van der Waals surface area contributed by atoms with Gasteiger partial charge in [-0.3, -0.25) is 19.3 Å². The zero-order valence-corrected chi connectivity index (χ0v) is 18.4. The molecule has 164 valence electrons. The van der Waals surface area contributed by atoms with Gasteiger partial charge in [-0.2, -0.15) is 0 Å². The fourth-order valence-electron chi connectivity index (χ4n) is 4.08. The summed E-state index contributed by atoms with van der Waals surface area (Å²) in [6, 6.07) is 12.6. The van der Waals surface area contributed by atoms with Crippen LogP contribution in [0.4, 0.5) is 5.13 Å². The van der Waals surface area contributed by atoms with Gasteiger partial charge in [0, 0.05) is 26.2 Å². The second kappa shape index (κ2) is 8.23. The van der Waals surface area contributed by atoms with Gasteiger partial charge in [-0.05, 0) is 31.2 Å². The number of piperazine rings is 1. The standard InChI is InChI=1S/C23H22N4O4S/c1-2-31-17-8-5-9-18-20(17)24-23(32-18)26-12-10-25(11-13-26)19(28)14-27-21(29)15-6-3-4-7-16(15)22(27)30/h3-9H,2,10-14H2,1H3. The largest absolute Gasteiger partial charge is 0.492 e. The third kappa shape index (κ3) is 3.48. The first-order valence-corrected chi connectivity index (χ1v) is 11.4. The molecule has 8 nitrogen and oxygen atoms in total.